The summed E-state index contributed by atoms with van der Waals surface area (Å²) in [6.45, 7) is 16.5. The summed E-state index contributed by atoms with van der Waals surface area (Å²) in [6, 6.07) is 4.81. The van der Waals surface area contributed by atoms with Crippen LogP contribution in [-0.4, -0.2) is 0 Å². The second-order valence-electron chi connectivity index (χ2n) is 8.60. The zero-order valence-corrected chi connectivity index (χ0v) is 20.6. The molecule has 1 aromatic rings. The number of rotatable bonds is 2. The van der Waals surface area contributed by atoms with E-state index in [4.69, 9.17) is 0 Å². The summed E-state index contributed by atoms with van der Waals surface area (Å²) in [5.74, 6) is 0.483. The Morgan fingerprint density at radius 1 is 0.923 bits per heavy atom. The predicted molar refractivity (Wildman–Crippen MR) is 109 cm³/mol. The maximum absolute atomic E-state index is 2.45. The van der Waals surface area contributed by atoms with Crippen LogP contribution in [0.4, 0.5) is 0 Å². The first-order valence-corrected chi connectivity index (χ1v) is 13.2. The first-order chi connectivity index (χ1) is 12.2. The second-order valence-corrected chi connectivity index (χ2v) is 13.1. The molecule has 0 N–H and O–H groups in total. The molecule has 3 aliphatic rings. The zero-order chi connectivity index (χ0) is 18.8. The Labute approximate surface area is 169 Å². The molecule has 26 heavy (non-hydrogen) atoms. The van der Waals surface area contributed by atoms with Gasteiger partial charge in [-0.1, -0.05) is 0 Å². The van der Waals surface area contributed by atoms with Crippen molar-refractivity contribution in [3.05, 3.63) is 84.3 Å². The van der Waals surface area contributed by atoms with Crippen LogP contribution < -0.4 is 0 Å². The molecule has 0 radical (unpaired) electrons. The Kier molecular flexibility index (Phi) is 4.30. The normalized spacial score (nSPS) is 23.1. The molecule has 4 rings (SSSR count). The zero-order valence-electron chi connectivity index (χ0n) is 17.0. The number of aryl methyl sites for hydroxylation is 2. The molecule has 0 aromatic heterocycles. The van der Waals surface area contributed by atoms with Crippen molar-refractivity contribution < 1.29 is 22.9 Å². The van der Waals surface area contributed by atoms with Crippen molar-refractivity contribution in [3.8, 4) is 0 Å². The van der Waals surface area contributed by atoms with Crippen molar-refractivity contribution >= 4 is 3.33 Å². The van der Waals surface area contributed by atoms with Crippen LogP contribution in [0, 0.1) is 19.3 Å². The van der Waals surface area contributed by atoms with Gasteiger partial charge in [-0.2, -0.15) is 0 Å². The van der Waals surface area contributed by atoms with Gasteiger partial charge in [0.25, 0.3) is 0 Å². The second kappa shape index (κ2) is 6.16. The van der Waals surface area contributed by atoms with Crippen LogP contribution in [0.15, 0.2) is 62.1 Å². The van der Waals surface area contributed by atoms with E-state index >= 15 is 0 Å². The molecule has 3 aliphatic carbocycles. The fourth-order valence-electron chi connectivity index (χ4n) is 4.89. The van der Waals surface area contributed by atoms with E-state index in [0.29, 0.717) is 5.92 Å². The molecule has 0 bridgehead atoms. The van der Waals surface area contributed by atoms with Gasteiger partial charge in [0.05, 0.1) is 0 Å². The number of allylic oxidation sites excluding steroid dienone is 9. The average molecular weight is 507 g/mol. The van der Waals surface area contributed by atoms with E-state index < -0.39 is 22.9 Å². The molecule has 0 aliphatic heterocycles. The molecule has 1 aromatic carbocycles. The number of benzene rings is 1. The van der Waals surface area contributed by atoms with E-state index in [1.807, 2.05) is 0 Å². The molecule has 1 unspecified atom stereocenters. The molecule has 132 valence electrons. The monoisotopic (exact) mass is 508 g/mol. The molecule has 0 fully saturated rings. The van der Waals surface area contributed by atoms with Crippen LogP contribution in [0.25, 0.3) is 3.33 Å². The van der Waals surface area contributed by atoms with Crippen LogP contribution >= 0.6 is 0 Å². The van der Waals surface area contributed by atoms with Gasteiger partial charge in [0, 0.05) is 0 Å². The van der Waals surface area contributed by atoms with E-state index in [0.717, 1.165) is 0 Å². The van der Waals surface area contributed by atoms with Crippen molar-refractivity contribution in [3.63, 3.8) is 0 Å². The summed E-state index contributed by atoms with van der Waals surface area (Å²) in [5, 5.41) is 0. The van der Waals surface area contributed by atoms with Crippen molar-refractivity contribution in [1.82, 2.24) is 0 Å². The minimum absolute atomic E-state index is 0.246. The van der Waals surface area contributed by atoms with Gasteiger partial charge in [0.15, 0.2) is 0 Å². The third-order valence-corrected chi connectivity index (χ3v) is 14.0. The van der Waals surface area contributed by atoms with Crippen molar-refractivity contribution in [2.75, 3.05) is 0 Å². The Morgan fingerprint density at radius 3 is 2.31 bits per heavy atom. The SMILES string of the molecule is CC1=C(C)C(C)(C)[C]([Hf][C]2=C3C=CC=CC3c3cc(C)cc(C)c32)=C1C. The van der Waals surface area contributed by atoms with Crippen LogP contribution in [-0.2, 0) is 22.9 Å². The molecule has 1 heteroatoms. The van der Waals surface area contributed by atoms with Gasteiger partial charge in [-0.05, 0) is 0 Å². The van der Waals surface area contributed by atoms with Gasteiger partial charge < -0.3 is 0 Å². The summed E-state index contributed by atoms with van der Waals surface area (Å²) in [4.78, 5) is 0. The summed E-state index contributed by atoms with van der Waals surface area (Å²) in [7, 11) is 0. The molecule has 0 saturated heterocycles. The van der Waals surface area contributed by atoms with E-state index in [1.165, 1.54) is 16.7 Å². The van der Waals surface area contributed by atoms with Crippen LogP contribution in [0.3, 0.4) is 0 Å². The molecule has 1 atom stereocenters. The van der Waals surface area contributed by atoms with Crippen molar-refractivity contribution in [2.24, 2.45) is 5.41 Å². The molecular formula is C25H28Hf. The van der Waals surface area contributed by atoms with E-state index in [2.05, 4.69) is 84.9 Å². The maximum atomic E-state index is 2.45. The summed E-state index contributed by atoms with van der Waals surface area (Å²) in [5.41, 5.74) is 12.6. The van der Waals surface area contributed by atoms with E-state index in [-0.39, 0.29) is 5.41 Å². The van der Waals surface area contributed by atoms with Gasteiger partial charge in [-0.25, -0.2) is 0 Å². The Hall–Kier alpha value is -1.21. The quantitative estimate of drug-likeness (QED) is 0.380. The Morgan fingerprint density at radius 2 is 1.65 bits per heavy atom. The molecule has 0 nitrogen and oxygen atoms in total. The van der Waals surface area contributed by atoms with Crippen LogP contribution in [0.2, 0.25) is 0 Å². The summed E-state index contributed by atoms with van der Waals surface area (Å²) in [6.07, 6.45) is 9.26. The average Bonchev–Trinajstić information content (AvgIpc) is 2.97. The Balaban J connectivity index is 1.88. The topological polar surface area (TPSA) is 0 Å². The fourth-order valence-corrected chi connectivity index (χ4v) is 12.0. The summed E-state index contributed by atoms with van der Waals surface area (Å²) < 4.78 is 3.54. The third-order valence-electron chi connectivity index (χ3n) is 6.72. The van der Waals surface area contributed by atoms with Crippen molar-refractivity contribution in [1.29, 1.82) is 0 Å². The number of hydrogen-bond donors (Lipinski definition) is 0. The first-order valence-electron chi connectivity index (χ1n) is 9.60. The van der Waals surface area contributed by atoms with E-state index in [9.17, 15) is 0 Å². The minimum atomic E-state index is -1.16. The predicted octanol–water partition coefficient (Wildman–Crippen LogP) is 6.97. The van der Waals surface area contributed by atoms with Gasteiger partial charge in [-0.15, -0.1) is 0 Å². The first kappa shape index (κ1) is 18.2. The van der Waals surface area contributed by atoms with E-state index in [1.54, 1.807) is 34.5 Å². The summed E-state index contributed by atoms with van der Waals surface area (Å²) >= 11 is -1.16. The van der Waals surface area contributed by atoms with Gasteiger partial charge in [0.2, 0.25) is 0 Å². The molecule has 0 heterocycles. The standard InChI is InChI=1S/C15H13.C10H15.Hf/c1-10-7-11(2)14-9-12-5-3-4-6-13(12)15(14)8-10;1-7-6-10(4,5)9(3)8(7)2;/h3-8,13H,1-2H3;1-5H3;. The third kappa shape index (κ3) is 2.50. The Bertz CT molecular complexity index is 974. The molecule has 0 spiro atoms. The molecule has 0 amide bonds. The van der Waals surface area contributed by atoms with Crippen LogP contribution in [0.1, 0.15) is 62.8 Å². The van der Waals surface area contributed by atoms with Gasteiger partial charge in [-0.3, -0.25) is 0 Å². The van der Waals surface area contributed by atoms with Gasteiger partial charge >= 0.3 is 170 Å². The number of fused-ring (bicyclic) bond motifs is 3. The van der Waals surface area contributed by atoms with Crippen LogP contribution in [0.5, 0.6) is 0 Å². The van der Waals surface area contributed by atoms with Gasteiger partial charge in [0.1, 0.15) is 0 Å². The fraction of sp³-hybridized carbons (Fsp3) is 0.360. The van der Waals surface area contributed by atoms with Crippen molar-refractivity contribution in [2.45, 2.75) is 54.4 Å². The molecule has 0 saturated carbocycles. The molecular weight excluding hydrogens is 479 g/mol. The number of hydrogen-bond acceptors (Lipinski definition) is 0.